The van der Waals surface area contributed by atoms with Crippen molar-refractivity contribution in [3.63, 3.8) is 0 Å². The van der Waals surface area contributed by atoms with Gasteiger partial charge in [0, 0.05) is 7.05 Å². The number of allylic oxidation sites excluding steroid dienone is 1. The smallest absolute Gasteiger partial charge is 0.218 e. The summed E-state index contributed by atoms with van der Waals surface area (Å²) in [5, 5.41) is 8.93. The number of likely N-dealkylation sites (N-methyl/N-ethyl adjacent to an activating group) is 1. The highest BCUT2D eigenvalue weighted by Gasteiger charge is 2.22. The van der Waals surface area contributed by atoms with Crippen molar-refractivity contribution in [1.29, 1.82) is 0 Å². The second kappa shape index (κ2) is 1.76. The summed E-state index contributed by atoms with van der Waals surface area (Å²) in [5.41, 5.74) is 0.667. The number of nitrogens with zero attached hydrogens (tertiary/aromatic N) is 1. The zero-order valence-electron chi connectivity index (χ0n) is 5.51. The van der Waals surface area contributed by atoms with E-state index in [1.54, 1.807) is 18.9 Å². The molecule has 1 N–H and O–H groups in total. The molecule has 0 atom stereocenters. The van der Waals surface area contributed by atoms with Crippen molar-refractivity contribution in [2.24, 2.45) is 0 Å². The minimum atomic E-state index is -0.185. The molecule has 0 radical (unpaired) electrons. The van der Waals surface area contributed by atoms with Gasteiger partial charge in [-0.15, -0.1) is 0 Å². The van der Waals surface area contributed by atoms with Crippen LogP contribution in [0.25, 0.3) is 0 Å². The van der Waals surface area contributed by atoms with Crippen LogP contribution in [0.4, 0.5) is 0 Å². The molecule has 0 aromatic heterocycles. The third kappa shape index (κ3) is 0.781. The lowest BCUT2D eigenvalue weighted by atomic mass is 10.3. The highest BCUT2D eigenvalue weighted by molar-refractivity contribution is 5.97. The Morgan fingerprint density at radius 1 is 1.67 bits per heavy atom. The molecule has 1 aliphatic rings. The van der Waals surface area contributed by atoms with Crippen molar-refractivity contribution in [3.05, 3.63) is 11.5 Å². The Morgan fingerprint density at radius 3 is 2.33 bits per heavy atom. The molecule has 0 fully saturated rings. The fraction of sp³-hybridized carbons (Fsp3) is 0.500. The van der Waals surface area contributed by atoms with E-state index in [0.717, 1.165) is 0 Å². The summed E-state index contributed by atoms with van der Waals surface area (Å²) >= 11 is 0. The minimum absolute atomic E-state index is 0.0856. The van der Waals surface area contributed by atoms with Crippen LogP contribution >= 0.6 is 0 Å². The van der Waals surface area contributed by atoms with Gasteiger partial charge in [-0.2, -0.15) is 0 Å². The first kappa shape index (κ1) is 6.13. The third-order valence-corrected chi connectivity index (χ3v) is 1.56. The molecule has 0 spiro atoms. The summed E-state index contributed by atoms with van der Waals surface area (Å²) in [6, 6.07) is 0. The van der Waals surface area contributed by atoms with Crippen molar-refractivity contribution < 1.29 is 9.90 Å². The van der Waals surface area contributed by atoms with Crippen LogP contribution in [-0.4, -0.2) is 29.4 Å². The molecule has 0 aromatic rings. The first-order valence-electron chi connectivity index (χ1n) is 2.77. The van der Waals surface area contributed by atoms with Gasteiger partial charge in [0.05, 0.1) is 12.2 Å². The maximum Gasteiger partial charge on any atom is 0.218 e. The topological polar surface area (TPSA) is 40.5 Å². The van der Waals surface area contributed by atoms with Crippen molar-refractivity contribution in [2.75, 3.05) is 13.6 Å². The third-order valence-electron chi connectivity index (χ3n) is 1.56. The molecule has 0 amide bonds. The van der Waals surface area contributed by atoms with E-state index < -0.39 is 0 Å². The highest BCUT2D eigenvalue weighted by Crippen LogP contribution is 2.13. The Morgan fingerprint density at radius 2 is 2.22 bits per heavy atom. The molecule has 0 aliphatic carbocycles. The molecule has 0 bridgehead atoms. The van der Waals surface area contributed by atoms with Crippen LogP contribution in [0.2, 0.25) is 0 Å². The van der Waals surface area contributed by atoms with Crippen LogP contribution in [0, 0.1) is 0 Å². The maximum atomic E-state index is 10.6. The summed E-state index contributed by atoms with van der Waals surface area (Å²) < 4.78 is 0. The van der Waals surface area contributed by atoms with Gasteiger partial charge in [0.25, 0.3) is 0 Å². The number of aliphatic hydroxyl groups excluding tert-OH is 1. The fourth-order valence-corrected chi connectivity index (χ4v) is 0.791. The lowest BCUT2D eigenvalue weighted by Gasteiger charge is -2.08. The number of ketones is 1. The van der Waals surface area contributed by atoms with Crippen LogP contribution in [0.5, 0.6) is 0 Å². The molecule has 9 heavy (non-hydrogen) atoms. The zero-order chi connectivity index (χ0) is 7.02. The van der Waals surface area contributed by atoms with Gasteiger partial charge in [-0.05, 0) is 6.92 Å². The van der Waals surface area contributed by atoms with Crippen molar-refractivity contribution in [2.45, 2.75) is 6.92 Å². The highest BCUT2D eigenvalue weighted by atomic mass is 16.3. The molecule has 50 valence electrons. The largest absolute Gasteiger partial charge is 0.503 e. The number of rotatable bonds is 0. The van der Waals surface area contributed by atoms with Crippen LogP contribution in [-0.2, 0) is 4.79 Å². The summed E-state index contributed by atoms with van der Waals surface area (Å²) in [6.07, 6.45) is 0. The standard InChI is InChI=1S/C6H9NO2/c1-4-6(9)5(8)3-7(4)2/h9H,3H2,1-2H3. The van der Waals surface area contributed by atoms with Crippen LogP contribution in [0.1, 0.15) is 6.92 Å². The molecule has 1 rings (SSSR count). The van der Waals surface area contributed by atoms with E-state index >= 15 is 0 Å². The maximum absolute atomic E-state index is 10.6. The number of carbonyl (C=O) groups excluding carboxylic acids is 1. The van der Waals surface area contributed by atoms with Gasteiger partial charge >= 0.3 is 0 Å². The average molecular weight is 127 g/mol. The first-order chi connectivity index (χ1) is 4.13. The van der Waals surface area contributed by atoms with Gasteiger partial charge in [-0.25, -0.2) is 0 Å². The second-order valence-corrected chi connectivity index (χ2v) is 2.21. The summed E-state index contributed by atoms with van der Waals surface area (Å²) in [5.74, 6) is -0.271. The van der Waals surface area contributed by atoms with E-state index in [0.29, 0.717) is 12.2 Å². The van der Waals surface area contributed by atoms with Gasteiger partial charge in [0.15, 0.2) is 5.76 Å². The van der Waals surface area contributed by atoms with Gasteiger partial charge < -0.3 is 10.0 Å². The fourth-order valence-electron chi connectivity index (χ4n) is 0.791. The van der Waals surface area contributed by atoms with Gasteiger partial charge in [0.1, 0.15) is 0 Å². The number of hydrogen-bond acceptors (Lipinski definition) is 3. The van der Waals surface area contributed by atoms with E-state index in [9.17, 15) is 4.79 Å². The van der Waals surface area contributed by atoms with E-state index in [-0.39, 0.29) is 11.5 Å². The molecular weight excluding hydrogens is 118 g/mol. The van der Waals surface area contributed by atoms with Crippen molar-refractivity contribution >= 4 is 5.78 Å². The Hall–Kier alpha value is -0.990. The van der Waals surface area contributed by atoms with E-state index in [1.165, 1.54) is 0 Å². The van der Waals surface area contributed by atoms with E-state index in [2.05, 4.69) is 0 Å². The molecule has 0 aromatic carbocycles. The number of aliphatic hydroxyl groups is 1. The van der Waals surface area contributed by atoms with Gasteiger partial charge in [0.2, 0.25) is 5.78 Å². The van der Waals surface area contributed by atoms with Crippen molar-refractivity contribution in [3.8, 4) is 0 Å². The van der Waals surface area contributed by atoms with Gasteiger partial charge in [-0.1, -0.05) is 0 Å². The van der Waals surface area contributed by atoms with Crippen LogP contribution in [0.3, 0.4) is 0 Å². The van der Waals surface area contributed by atoms with E-state index in [4.69, 9.17) is 5.11 Å². The molecule has 3 heteroatoms. The Bertz CT molecular complexity index is 183. The lowest BCUT2D eigenvalue weighted by molar-refractivity contribution is -0.116. The molecule has 0 saturated heterocycles. The Kier molecular flexibility index (Phi) is 1.20. The first-order valence-corrected chi connectivity index (χ1v) is 2.77. The Labute approximate surface area is 53.6 Å². The summed E-state index contributed by atoms with van der Waals surface area (Å²) in [4.78, 5) is 12.4. The number of hydrogen-bond donors (Lipinski definition) is 1. The molecule has 3 nitrogen and oxygen atoms in total. The second-order valence-electron chi connectivity index (χ2n) is 2.21. The van der Waals surface area contributed by atoms with Crippen LogP contribution < -0.4 is 0 Å². The van der Waals surface area contributed by atoms with Gasteiger partial charge in [-0.3, -0.25) is 4.79 Å². The normalized spacial score (nSPS) is 19.8. The quantitative estimate of drug-likeness (QED) is 0.508. The molecule has 1 aliphatic heterocycles. The molecular formula is C6H9NO2. The summed E-state index contributed by atoms with van der Waals surface area (Å²) in [6.45, 7) is 2.04. The predicted molar refractivity (Wildman–Crippen MR) is 33.0 cm³/mol. The number of Topliss-reactive ketones (excluding diaryl/α,β-unsaturated/α-hetero) is 1. The number of carbonyl (C=O) groups is 1. The van der Waals surface area contributed by atoms with Crippen molar-refractivity contribution in [1.82, 2.24) is 4.90 Å². The van der Waals surface area contributed by atoms with Crippen LogP contribution in [0.15, 0.2) is 11.5 Å². The molecule has 1 heterocycles. The zero-order valence-corrected chi connectivity index (χ0v) is 5.51. The Balaban J connectivity index is 2.92. The minimum Gasteiger partial charge on any atom is -0.503 e. The van der Waals surface area contributed by atoms with E-state index in [1.807, 2.05) is 0 Å². The SMILES string of the molecule is CC1=C(O)C(=O)CN1C. The predicted octanol–water partition coefficient (Wildman–Crippen LogP) is 0.290. The molecule has 0 unspecified atom stereocenters. The average Bonchev–Trinajstić information content (AvgIpc) is 1.98. The molecule has 0 saturated carbocycles. The lowest BCUT2D eigenvalue weighted by Crippen LogP contribution is -2.14. The summed E-state index contributed by atoms with van der Waals surface area (Å²) in [7, 11) is 1.77. The monoisotopic (exact) mass is 127 g/mol.